The molecule has 0 aliphatic carbocycles. The number of hydrogen-bond donors (Lipinski definition) is 2. The van der Waals surface area contributed by atoms with Crippen molar-refractivity contribution in [2.24, 2.45) is 0 Å². The molecule has 8 heteroatoms. The number of carbonyl (C=O) groups excluding carboxylic acids is 2. The van der Waals surface area contributed by atoms with Gasteiger partial charge >= 0.3 is 5.76 Å². The van der Waals surface area contributed by atoms with Gasteiger partial charge in [0.25, 0.3) is 5.91 Å². The standard InChI is InChI=1S/C22H16FN3O4/c23-15-6-4-8-17(12-15)25-21(28)14-5-3-7-16(11-14)24-20(27)13-26-18-9-1-2-10-19(18)30-22(26)29/h1-12H,13H2,(H,24,27)(H,25,28). The topological polar surface area (TPSA) is 93.3 Å². The van der Waals surface area contributed by atoms with E-state index in [0.717, 1.165) is 0 Å². The van der Waals surface area contributed by atoms with Gasteiger partial charge in [-0.15, -0.1) is 0 Å². The summed E-state index contributed by atoms with van der Waals surface area (Å²) in [5.74, 6) is -1.99. The Kier molecular flexibility index (Phi) is 5.13. The highest BCUT2D eigenvalue weighted by Crippen LogP contribution is 2.16. The van der Waals surface area contributed by atoms with Crippen molar-refractivity contribution in [3.63, 3.8) is 0 Å². The van der Waals surface area contributed by atoms with Crippen molar-refractivity contribution >= 4 is 34.3 Å². The van der Waals surface area contributed by atoms with Crippen LogP contribution >= 0.6 is 0 Å². The number of para-hydroxylation sites is 2. The normalized spacial score (nSPS) is 10.7. The molecule has 0 radical (unpaired) electrons. The third kappa shape index (κ3) is 4.12. The lowest BCUT2D eigenvalue weighted by Gasteiger charge is -2.09. The average molecular weight is 405 g/mol. The fraction of sp³-hybridized carbons (Fsp3) is 0.0455. The Labute approximate surface area is 169 Å². The number of oxazole rings is 1. The number of fused-ring (bicyclic) bond motifs is 1. The molecule has 30 heavy (non-hydrogen) atoms. The molecule has 150 valence electrons. The van der Waals surface area contributed by atoms with E-state index in [-0.39, 0.29) is 12.1 Å². The summed E-state index contributed by atoms with van der Waals surface area (Å²) in [6.07, 6.45) is 0. The highest BCUT2D eigenvalue weighted by molar-refractivity contribution is 6.05. The van der Waals surface area contributed by atoms with Gasteiger partial charge in [0.05, 0.1) is 5.52 Å². The Bertz CT molecular complexity index is 1310. The zero-order chi connectivity index (χ0) is 21.1. The Balaban J connectivity index is 1.47. The van der Waals surface area contributed by atoms with Crippen LogP contribution in [0.1, 0.15) is 10.4 Å². The van der Waals surface area contributed by atoms with Crippen molar-refractivity contribution in [3.05, 3.63) is 94.7 Å². The average Bonchev–Trinajstić information content (AvgIpc) is 3.03. The van der Waals surface area contributed by atoms with Crippen LogP contribution in [0, 0.1) is 5.82 Å². The molecule has 0 unspecified atom stereocenters. The van der Waals surface area contributed by atoms with Gasteiger partial charge in [-0.1, -0.05) is 24.3 Å². The number of halogens is 1. The van der Waals surface area contributed by atoms with Crippen LogP contribution in [0.2, 0.25) is 0 Å². The van der Waals surface area contributed by atoms with Crippen LogP contribution in [-0.4, -0.2) is 16.4 Å². The van der Waals surface area contributed by atoms with Gasteiger partial charge < -0.3 is 15.1 Å². The Morgan fingerprint density at radius 2 is 1.63 bits per heavy atom. The van der Waals surface area contributed by atoms with Crippen molar-refractivity contribution in [1.29, 1.82) is 0 Å². The second-order valence-corrected chi connectivity index (χ2v) is 6.52. The van der Waals surface area contributed by atoms with Gasteiger partial charge in [-0.3, -0.25) is 14.2 Å². The molecular formula is C22H16FN3O4. The number of nitrogens with one attached hydrogen (secondary N) is 2. The minimum atomic E-state index is -0.630. The third-order valence-corrected chi connectivity index (χ3v) is 4.37. The molecule has 3 aromatic carbocycles. The zero-order valence-corrected chi connectivity index (χ0v) is 15.6. The first-order valence-corrected chi connectivity index (χ1v) is 9.05. The van der Waals surface area contributed by atoms with Crippen LogP contribution in [0.5, 0.6) is 0 Å². The fourth-order valence-electron chi connectivity index (χ4n) is 3.02. The molecular weight excluding hydrogens is 389 g/mol. The van der Waals surface area contributed by atoms with Crippen molar-refractivity contribution in [1.82, 2.24) is 4.57 Å². The summed E-state index contributed by atoms with van der Waals surface area (Å²) in [6, 6.07) is 18.6. The van der Waals surface area contributed by atoms with Crippen LogP contribution < -0.4 is 16.4 Å². The van der Waals surface area contributed by atoms with E-state index in [0.29, 0.717) is 22.5 Å². The van der Waals surface area contributed by atoms with Crippen LogP contribution in [0.25, 0.3) is 11.1 Å². The lowest BCUT2D eigenvalue weighted by molar-refractivity contribution is -0.116. The Hall–Kier alpha value is -4.20. The van der Waals surface area contributed by atoms with Gasteiger partial charge in [-0.2, -0.15) is 0 Å². The maximum Gasteiger partial charge on any atom is 0.420 e. The van der Waals surface area contributed by atoms with Gasteiger partial charge in [0, 0.05) is 16.9 Å². The quantitative estimate of drug-likeness (QED) is 0.530. The summed E-state index contributed by atoms with van der Waals surface area (Å²) in [5, 5.41) is 5.25. The van der Waals surface area contributed by atoms with Crippen molar-refractivity contribution in [2.45, 2.75) is 6.54 Å². The highest BCUT2D eigenvalue weighted by atomic mass is 19.1. The van der Waals surface area contributed by atoms with E-state index in [4.69, 9.17) is 4.42 Å². The number of anilines is 2. The Morgan fingerprint density at radius 1 is 0.900 bits per heavy atom. The SMILES string of the molecule is O=C(Cn1c(=O)oc2ccccc21)Nc1cccc(C(=O)Nc2cccc(F)c2)c1. The lowest BCUT2D eigenvalue weighted by Crippen LogP contribution is -2.24. The lowest BCUT2D eigenvalue weighted by atomic mass is 10.1. The van der Waals surface area contributed by atoms with Gasteiger partial charge in [0.15, 0.2) is 5.58 Å². The molecule has 0 fully saturated rings. The van der Waals surface area contributed by atoms with Crippen molar-refractivity contribution < 1.29 is 18.4 Å². The first-order chi connectivity index (χ1) is 14.5. The van der Waals surface area contributed by atoms with Crippen molar-refractivity contribution in [3.8, 4) is 0 Å². The molecule has 7 nitrogen and oxygen atoms in total. The zero-order valence-electron chi connectivity index (χ0n) is 15.6. The number of rotatable bonds is 5. The van der Waals surface area contributed by atoms with Crippen LogP contribution in [0.4, 0.5) is 15.8 Å². The predicted molar refractivity (Wildman–Crippen MR) is 110 cm³/mol. The number of benzene rings is 3. The van der Waals surface area contributed by atoms with E-state index in [1.807, 2.05) is 0 Å². The van der Waals surface area contributed by atoms with Gasteiger partial charge in [0.1, 0.15) is 12.4 Å². The molecule has 0 aliphatic rings. The molecule has 0 atom stereocenters. The van der Waals surface area contributed by atoms with Gasteiger partial charge in [-0.05, 0) is 48.5 Å². The predicted octanol–water partition coefficient (Wildman–Crippen LogP) is 3.62. The molecule has 2 N–H and O–H groups in total. The minimum Gasteiger partial charge on any atom is -0.408 e. The number of carbonyl (C=O) groups is 2. The number of nitrogens with zero attached hydrogens (tertiary/aromatic N) is 1. The number of amides is 2. The molecule has 0 aliphatic heterocycles. The van der Waals surface area contributed by atoms with Crippen molar-refractivity contribution in [2.75, 3.05) is 10.6 Å². The summed E-state index contributed by atoms with van der Waals surface area (Å²) in [6.45, 7) is -0.241. The van der Waals surface area contributed by atoms with E-state index >= 15 is 0 Å². The van der Waals surface area contributed by atoms with E-state index in [1.165, 1.54) is 28.8 Å². The summed E-state index contributed by atoms with van der Waals surface area (Å²) >= 11 is 0. The first-order valence-electron chi connectivity index (χ1n) is 9.05. The summed E-state index contributed by atoms with van der Waals surface area (Å²) in [5.41, 5.74) is 1.89. The number of aromatic nitrogens is 1. The maximum atomic E-state index is 13.3. The first kappa shape index (κ1) is 19.1. The summed E-state index contributed by atoms with van der Waals surface area (Å²) < 4.78 is 19.6. The van der Waals surface area contributed by atoms with E-state index in [9.17, 15) is 18.8 Å². The molecule has 1 aromatic heterocycles. The fourth-order valence-corrected chi connectivity index (χ4v) is 3.02. The second kappa shape index (κ2) is 8.04. The largest absolute Gasteiger partial charge is 0.420 e. The van der Waals surface area contributed by atoms with E-state index in [2.05, 4.69) is 10.6 Å². The summed E-state index contributed by atoms with van der Waals surface area (Å²) in [7, 11) is 0. The Morgan fingerprint density at radius 3 is 2.43 bits per heavy atom. The molecule has 4 rings (SSSR count). The molecule has 0 saturated heterocycles. The smallest absolute Gasteiger partial charge is 0.408 e. The van der Waals surface area contributed by atoms with Gasteiger partial charge in [0.2, 0.25) is 5.91 Å². The highest BCUT2D eigenvalue weighted by Gasteiger charge is 2.13. The van der Waals surface area contributed by atoms with Crippen LogP contribution in [0.15, 0.2) is 82.0 Å². The maximum absolute atomic E-state index is 13.3. The van der Waals surface area contributed by atoms with Gasteiger partial charge in [-0.25, -0.2) is 9.18 Å². The third-order valence-electron chi connectivity index (χ3n) is 4.37. The van der Waals surface area contributed by atoms with E-state index < -0.39 is 23.4 Å². The van der Waals surface area contributed by atoms with E-state index in [1.54, 1.807) is 48.5 Å². The second-order valence-electron chi connectivity index (χ2n) is 6.52. The molecule has 0 spiro atoms. The molecule has 2 amide bonds. The monoisotopic (exact) mass is 405 g/mol. The minimum absolute atomic E-state index is 0.241. The summed E-state index contributed by atoms with van der Waals surface area (Å²) in [4.78, 5) is 36.8. The molecule has 4 aromatic rings. The van der Waals surface area contributed by atoms with Crippen LogP contribution in [-0.2, 0) is 11.3 Å². The molecule has 0 bridgehead atoms. The molecule has 0 saturated carbocycles. The molecule has 1 heterocycles. The number of hydrogen-bond acceptors (Lipinski definition) is 4. The van der Waals surface area contributed by atoms with Crippen LogP contribution in [0.3, 0.4) is 0 Å².